The number of amides is 1. The third-order valence-electron chi connectivity index (χ3n) is 5.68. The van der Waals surface area contributed by atoms with Gasteiger partial charge < -0.3 is 15.2 Å². The molecular weight excluding hydrogens is 452 g/mol. The van der Waals surface area contributed by atoms with Crippen molar-refractivity contribution in [3.63, 3.8) is 0 Å². The number of hydrogen-bond acceptors (Lipinski definition) is 3. The minimum atomic E-state index is -2.49. The summed E-state index contributed by atoms with van der Waals surface area (Å²) in [6, 6.07) is 19.1. The van der Waals surface area contributed by atoms with Crippen LogP contribution in [-0.2, 0) is 4.79 Å². The Morgan fingerprint density at radius 2 is 1.63 bits per heavy atom. The highest BCUT2D eigenvalue weighted by molar-refractivity contribution is 5.94. The molecule has 0 heterocycles. The third-order valence-corrected chi connectivity index (χ3v) is 5.68. The molecule has 7 heteroatoms. The molecule has 0 aliphatic heterocycles. The van der Waals surface area contributed by atoms with E-state index in [4.69, 9.17) is 9.84 Å². The van der Waals surface area contributed by atoms with E-state index in [0.29, 0.717) is 11.3 Å². The molecule has 35 heavy (non-hydrogen) atoms. The summed E-state index contributed by atoms with van der Waals surface area (Å²) in [4.78, 5) is 22.7. The molecule has 0 saturated heterocycles. The van der Waals surface area contributed by atoms with Gasteiger partial charge in [-0.2, -0.15) is 0 Å². The average molecular weight is 482 g/mol. The highest BCUT2D eigenvalue weighted by Crippen LogP contribution is 2.32. The fourth-order valence-corrected chi connectivity index (χ4v) is 3.81. The van der Waals surface area contributed by atoms with Crippen molar-refractivity contribution in [1.29, 1.82) is 0 Å². The van der Waals surface area contributed by atoms with Crippen LogP contribution in [0.4, 0.5) is 8.78 Å². The van der Waals surface area contributed by atoms with Crippen LogP contribution in [0, 0.1) is 6.92 Å². The Labute approximate surface area is 203 Å². The fourth-order valence-electron chi connectivity index (χ4n) is 3.81. The van der Waals surface area contributed by atoms with Gasteiger partial charge in [0.15, 0.2) is 0 Å². The zero-order chi connectivity index (χ0) is 25.4. The lowest BCUT2D eigenvalue weighted by Crippen LogP contribution is -2.25. The number of nitrogens with one attached hydrogen (secondary N) is 1. The van der Waals surface area contributed by atoms with E-state index < -0.39 is 12.4 Å². The first-order chi connectivity index (χ1) is 16.8. The lowest BCUT2D eigenvalue weighted by atomic mass is 9.95. The fraction of sp³-hybridized carbons (Fsp3) is 0.286. The quantitative estimate of drug-likeness (QED) is 0.319. The lowest BCUT2D eigenvalue weighted by Gasteiger charge is -2.22. The maximum atomic E-state index is 12.8. The highest BCUT2D eigenvalue weighted by atomic mass is 19.3. The molecule has 0 aliphatic rings. The van der Waals surface area contributed by atoms with Crippen LogP contribution in [0.3, 0.4) is 0 Å². The summed E-state index contributed by atoms with van der Waals surface area (Å²) < 4.78 is 31.9. The van der Waals surface area contributed by atoms with Crippen molar-refractivity contribution in [2.75, 3.05) is 6.54 Å². The van der Waals surface area contributed by atoms with Crippen LogP contribution in [0.5, 0.6) is 5.75 Å². The molecular formula is C28H29F2NO4. The number of carboxylic acid groups (broad SMARTS) is 1. The number of carboxylic acids is 1. The Hall–Kier alpha value is -3.74. The lowest BCUT2D eigenvalue weighted by molar-refractivity contribution is -0.136. The molecule has 1 amide bonds. The van der Waals surface area contributed by atoms with E-state index in [2.05, 4.69) is 12.2 Å². The average Bonchev–Trinajstić information content (AvgIpc) is 2.84. The molecule has 0 bridgehead atoms. The van der Waals surface area contributed by atoms with Crippen LogP contribution in [-0.4, -0.2) is 23.5 Å². The minimum Gasteiger partial charge on any atom is -0.486 e. The van der Waals surface area contributed by atoms with Gasteiger partial charge in [-0.3, -0.25) is 9.59 Å². The number of rotatable bonds is 11. The summed E-state index contributed by atoms with van der Waals surface area (Å²) >= 11 is 0. The Bertz CT molecular complexity index is 1140. The van der Waals surface area contributed by atoms with Gasteiger partial charge in [0, 0.05) is 17.7 Å². The topological polar surface area (TPSA) is 75.6 Å². The SMILES string of the molecule is CCCC(Oc1ccc(C(=O)NCCC(=O)O)cc1)c1ccc(-c2ccc(C(F)F)cc2)cc1C. The van der Waals surface area contributed by atoms with Crippen LogP contribution >= 0.6 is 0 Å². The first kappa shape index (κ1) is 25.9. The molecule has 184 valence electrons. The largest absolute Gasteiger partial charge is 0.486 e. The summed E-state index contributed by atoms with van der Waals surface area (Å²) in [5, 5.41) is 11.3. The van der Waals surface area contributed by atoms with Gasteiger partial charge in [0.25, 0.3) is 12.3 Å². The van der Waals surface area contributed by atoms with Crippen molar-refractivity contribution >= 4 is 11.9 Å². The molecule has 0 aromatic heterocycles. The van der Waals surface area contributed by atoms with Gasteiger partial charge in [-0.1, -0.05) is 55.8 Å². The molecule has 0 spiro atoms. The number of hydrogen-bond donors (Lipinski definition) is 2. The molecule has 1 atom stereocenters. The standard InChI is InChI=1S/C28H29F2NO4/c1-3-4-25(35-23-12-9-21(10-13-23)28(34)31-16-15-26(32)33)24-14-11-22(17-18(24)2)19-5-7-20(8-6-19)27(29)30/h5-14,17,25,27H,3-4,15-16H2,1-2H3,(H,31,34)(H,32,33). The second-order valence-corrected chi connectivity index (χ2v) is 8.31. The number of carbonyl (C=O) groups excluding carboxylic acids is 1. The zero-order valence-corrected chi connectivity index (χ0v) is 19.8. The summed E-state index contributed by atoms with van der Waals surface area (Å²) in [6.45, 7) is 4.15. The predicted octanol–water partition coefficient (Wildman–Crippen LogP) is 6.72. The van der Waals surface area contributed by atoms with Gasteiger partial charge in [-0.15, -0.1) is 0 Å². The van der Waals surface area contributed by atoms with E-state index in [0.717, 1.165) is 35.1 Å². The van der Waals surface area contributed by atoms with Gasteiger partial charge in [0.05, 0.1) is 6.42 Å². The molecule has 1 unspecified atom stereocenters. The van der Waals surface area contributed by atoms with E-state index >= 15 is 0 Å². The van der Waals surface area contributed by atoms with E-state index in [9.17, 15) is 18.4 Å². The number of alkyl halides is 2. The van der Waals surface area contributed by atoms with E-state index in [1.165, 1.54) is 12.1 Å². The van der Waals surface area contributed by atoms with Crippen molar-refractivity contribution in [2.24, 2.45) is 0 Å². The maximum Gasteiger partial charge on any atom is 0.305 e. The van der Waals surface area contributed by atoms with Crippen LogP contribution in [0.15, 0.2) is 66.7 Å². The Morgan fingerprint density at radius 3 is 2.20 bits per heavy atom. The van der Waals surface area contributed by atoms with Gasteiger partial charge in [-0.25, -0.2) is 8.78 Å². The van der Waals surface area contributed by atoms with Crippen LogP contribution < -0.4 is 10.1 Å². The zero-order valence-electron chi connectivity index (χ0n) is 19.8. The molecule has 0 saturated carbocycles. The van der Waals surface area contributed by atoms with Crippen LogP contribution in [0.1, 0.15) is 65.8 Å². The normalized spacial score (nSPS) is 11.8. The molecule has 3 rings (SSSR count). The van der Waals surface area contributed by atoms with Crippen molar-refractivity contribution in [3.05, 3.63) is 89.0 Å². The smallest absolute Gasteiger partial charge is 0.305 e. The summed E-state index contributed by atoms with van der Waals surface area (Å²) in [7, 11) is 0. The van der Waals surface area contributed by atoms with Crippen molar-refractivity contribution in [3.8, 4) is 16.9 Å². The Kier molecular flexibility index (Phi) is 8.95. The first-order valence-corrected chi connectivity index (χ1v) is 11.5. The molecule has 3 aromatic rings. The Morgan fingerprint density at radius 1 is 0.971 bits per heavy atom. The van der Waals surface area contributed by atoms with Gasteiger partial charge >= 0.3 is 5.97 Å². The maximum absolute atomic E-state index is 12.8. The predicted molar refractivity (Wildman–Crippen MR) is 131 cm³/mol. The molecule has 0 aliphatic carbocycles. The van der Waals surface area contributed by atoms with E-state index in [1.807, 2.05) is 25.1 Å². The van der Waals surface area contributed by atoms with E-state index in [1.54, 1.807) is 36.4 Å². The van der Waals surface area contributed by atoms with Crippen LogP contribution in [0.2, 0.25) is 0 Å². The molecule has 3 aromatic carbocycles. The number of benzene rings is 3. The monoisotopic (exact) mass is 481 g/mol. The number of ether oxygens (including phenoxy) is 1. The summed E-state index contributed by atoms with van der Waals surface area (Å²) in [6.07, 6.45) is -1.11. The van der Waals surface area contributed by atoms with E-state index in [-0.39, 0.29) is 30.5 Å². The number of aryl methyl sites for hydroxylation is 1. The Balaban J connectivity index is 1.72. The first-order valence-electron chi connectivity index (χ1n) is 11.5. The van der Waals surface area contributed by atoms with Crippen LogP contribution in [0.25, 0.3) is 11.1 Å². The van der Waals surface area contributed by atoms with Crippen molar-refractivity contribution in [2.45, 2.75) is 45.6 Å². The van der Waals surface area contributed by atoms with Crippen molar-refractivity contribution < 1.29 is 28.2 Å². The van der Waals surface area contributed by atoms with Gasteiger partial charge in [0.1, 0.15) is 11.9 Å². The second-order valence-electron chi connectivity index (χ2n) is 8.31. The highest BCUT2D eigenvalue weighted by Gasteiger charge is 2.17. The number of carbonyl (C=O) groups is 2. The second kappa shape index (κ2) is 12.1. The summed E-state index contributed by atoms with van der Waals surface area (Å²) in [5.41, 5.74) is 4.31. The third kappa shape index (κ3) is 7.12. The minimum absolute atomic E-state index is 0.00209. The molecule has 0 radical (unpaired) electrons. The number of aliphatic carboxylic acids is 1. The summed E-state index contributed by atoms with van der Waals surface area (Å²) in [5.74, 6) is -0.684. The molecule has 2 N–H and O–H groups in total. The van der Waals surface area contributed by atoms with Gasteiger partial charge in [0.2, 0.25) is 0 Å². The van der Waals surface area contributed by atoms with Gasteiger partial charge in [-0.05, 0) is 59.9 Å². The molecule has 0 fully saturated rings. The molecule has 5 nitrogen and oxygen atoms in total. The number of halogens is 2. The van der Waals surface area contributed by atoms with Crippen molar-refractivity contribution in [1.82, 2.24) is 5.32 Å².